The molecule has 1 heterocycles. The molecule has 32 heavy (non-hydrogen) atoms. The molecule has 0 aromatic heterocycles. The van der Waals surface area contributed by atoms with Gasteiger partial charge in [-0.2, -0.15) is 0 Å². The van der Waals surface area contributed by atoms with Gasteiger partial charge >= 0.3 is 0 Å². The van der Waals surface area contributed by atoms with Crippen LogP contribution in [0, 0.1) is 0 Å². The smallest absolute Gasteiger partial charge is 0.258 e. The lowest BCUT2D eigenvalue weighted by molar-refractivity contribution is -0.115. The van der Waals surface area contributed by atoms with Crippen LogP contribution in [0.15, 0.2) is 77.7 Å². The number of sulfone groups is 1. The average Bonchev–Trinajstić information content (AvgIpc) is 2.78. The molecule has 1 aliphatic heterocycles. The highest BCUT2D eigenvalue weighted by Gasteiger charge is 2.27. The van der Waals surface area contributed by atoms with Crippen molar-refractivity contribution in [2.45, 2.75) is 4.90 Å². The van der Waals surface area contributed by atoms with Crippen molar-refractivity contribution in [3.63, 3.8) is 0 Å². The topological polar surface area (TPSA) is 113 Å². The molecule has 0 saturated heterocycles. The Bertz CT molecular complexity index is 1330. The zero-order chi connectivity index (χ0) is 22.9. The van der Waals surface area contributed by atoms with Crippen LogP contribution in [0.2, 0.25) is 0 Å². The molecule has 0 spiro atoms. The number of amides is 3. The molecule has 0 saturated carbocycles. The van der Waals surface area contributed by atoms with E-state index in [-0.39, 0.29) is 28.8 Å². The van der Waals surface area contributed by atoms with Crippen LogP contribution in [0.25, 0.3) is 0 Å². The molecule has 0 fully saturated rings. The number of nitrogens with one attached hydrogen (secondary N) is 2. The van der Waals surface area contributed by atoms with Crippen LogP contribution in [-0.4, -0.2) is 38.9 Å². The summed E-state index contributed by atoms with van der Waals surface area (Å²) in [5, 5.41) is 5.42. The number of carbonyl (C=O) groups is 3. The van der Waals surface area contributed by atoms with E-state index >= 15 is 0 Å². The highest BCUT2D eigenvalue weighted by molar-refractivity contribution is 7.90. The Hall–Kier alpha value is -3.98. The lowest BCUT2D eigenvalue weighted by atomic mass is 10.1. The van der Waals surface area contributed by atoms with E-state index < -0.39 is 15.7 Å². The van der Waals surface area contributed by atoms with Crippen LogP contribution in [0.1, 0.15) is 20.7 Å². The van der Waals surface area contributed by atoms with E-state index in [1.54, 1.807) is 48.5 Å². The Morgan fingerprint density at radius 2 is 1.66 bits per heavy atom. The predicted octanol–water partition coefficient (Wildman–Crippen LogP) is 2.94. The van der Waals surface area contributed by atoms with Gasteiger partial charge in [-0.15, -0.1) is 0 Å². The molecule has 8 nitrogen and oxygen atoms in total. The van der Waals surface area contributed by atoms with E-state index in [1.807, 2.05) is 0 Å². The monoisotopic (exact) mass is 449 g/mol. The van der Waals surface area contributed by atoms with E-state index in [1.165, 1.54) is 29.2 Å². The third kappa shape index (κ3) is 4.37. The first-order valence-electron chi connectivity index (χ1n) is 9.65. The van der Waals surface area contributed by atoms with Crippen molar-refractivity contribution in [2.75, 3.05) is 28.3 Å². The fourth-order valence-corrected chi connectivity index (χ4v) is 4.00. The lowest BCUT2D eigenvalue weighted by Crippen LogP contribution is -2.42. The van der Waals surface area contributed by atoms with Crippen molar-refractivity contribution in [1.29, 1.82) is 0 Å². The Morgan fingerprint density at radius 1 is 0.938 bits per heavy atom. The number of nitrogens with zero attached hydrogens (tertiary/aromatic N) is 1. The number of para-hydroxylation sites is 2. The Labute approximate surface area is 184 Å². The molecule has 2 N–H and O–H groups in total. The molecular formula is C23H19N3O5S. The fourth-order valence-electron chi connectivity index (χ4n) is 3.34. The van der Waals surface area contributed by atoms with E-state index in [0.29, 0.717) is 22.6 Å². The summed E-state index contributed by atoms with van der Waals surface area (Å²) in [7, 11) is -3.43. The van der Waals surface area contributed by atoms with Crippen LogP contribution in [0.5, 0.6) is 0 Å². The molecule has 3 aromatic rings. The number of hydrogen-bond donors (Lipinski definition) is 2. The molecule has 1 aliphatic rings. The Balaban J connectivity index is 1.51. The SMILES string of the molecule is CS(=O)(=O)c1cccc(C(=O)Nc2ccc(C(=O)N3CC(=O)Nc4ccccc43)cc2)c1. The zero-order valence-electron chi connectivity index (χ0n) is 17.0. The summed E-state index contributed by atoms with van der Waals surface area (Å²) in [6.07, 6.45) is 1.07. The number of anilines is 3. The van der Waals surface area contributed by atoms with Crippen molar-refractivity contribution in [3.8, 4) is 0 Å². The van der Waals surface area contributed by atoms with Gasteiger partial charge in [-0.1, -0.05) is 18.2 Å². The van der Waals surface area contributed by atoms with Gasteiger partial charge in [0.1, 0.15) is 6.54 Å². The van der Waals surface area contributed by atoms with Crippen LogP contribution >= 0.6 is 0 Å². The summed E-state index contributed by atoms with van der Waals surface area (Å²) >= 11 is 0. The minimum atomic E-state index is -3.43. The average molecular weight is 449 g/mol. The van der Waals surface area contributed by atoms with Crippen LogP contribution in [0.3, 0.4) is 0 Å². The maximum Gasteiger partial charge on any atom is 0.258 e. The minimum absolute atomic E-state index is 0.0527. The van der Waals surface area contributed by atoms with Gasteiger partial charge in [-0.25, -0.2) is 8.42 Å². The Morgan fingerprint density at radius 3 is 2.38 bits per heavy atom. The second-order valence-corrected chi connectivity index (χ2v) is 9.30. The molecule has 0 unspecified atom stereocenters. The van der Waals surface area contributed by atoms with Crippen molar-refractivity contribution in [2.24, 2.45) is 0 Å². The van der Waals surface area contributed by atoms with Gasteiger partial charge in [0.25, 0.3) is 11.8 Å². The van der Waals surface area contributed by atoms with Gasteiger partial charge in [0.2, 0.25) is 5.91 Å². The van der Waals surface area contributed by atoms with E-state index in [0.717, 1.165) is 6.26 Å². The summed E-state index contributed by atoms with van der Waals surface area (Å²) in [4.78, 5) is 38.9. The molecule has 0 aliphatic carbocycles. The second-order valence-electron chi connectivity index (χ2n) is 7.29. The van der Waals surface area contributed by atoms with Crippen LogP contribution < -0.4 is 15.5 Å². The number of carbonyl (C=O) groups excluding carboxylic acids is 3. The summed E-state index contributed by atoms with van der Waals surface area (Å²) in [5.74, 6) is -1.10. The van der Waals surface area contributed by atoms with Gasteiger partial charge in [0, 0.05) is 23.1 Å². The molecule has 4 rings (SSSR count). The van der Waals surface area contributed by atoms with Gasteiger partial charge in [0.05, 0.1) is 16.3 Å². The van der Waals surface area contributed by atoms with Crippen molar-refractivity contribution in [1.82, 2.24) is 0 Å². The fraction of sp³-hybridized carbons (Fsp3) is 0.0870. The summed E-state index contributed by atoms with van der Waals surface area (Å²) < 4.78 is 23.4. The maximum absolute atomic E-state index is 13.0. The highest BCUT2D eigenvalue weighted by atomic mass is 32.2. The number of hydrogen-bond acceptors (Lipinski definition) is 5. The predicted molar refractivity (Wildman–Crippen MR) is 121 cm³/mol. The van der Waals surface area contributed by atoms with Gasteiger partial charge in [-0.05, 0) is 54.6 Å². The summed E-state index contributed by atoms with van der Waals surface area (Å²) in [5.41, 5.74) is 2.17. The Kier molecular flexibility index (Phi) is 5.50. The molecule has 3 amide bonds. The van der Waals surface area contributed by atoms with Gasteiger partial charge in [-0.3, -0.25) is 19.3 Å². The first kappa shape index (κ1) is 21.3. The van der Waals surface area contributed by atoms with Gasteiger partial charge in [0.15, 0.2) is 9.84 Å². The van der Waals surface area contributed by atoms with Crippen LogP contribution in [-0.2, 0) is 14.6 Å². The van der Waals surface area contributed by atoms with Crippen LogP contribution in [0.4, 0.5) is 17.1 Å². The quantitative estimate of drug-likeness (QED) is 0.636. The normalized spacial score (nSPS) is 13.2. The van der Waals surface area contributed by atoms with E-state index in [2.05, 4.69) is 10.6 Å². The standard InChI is InChI=1S/C23H19N3O5S/c1-32(30,31)18-6-4-5-16(13-18)22(28)24-17-11-9-15(10-12-17)23(29)26-14-21(27)25-19-7-2-3-8-20(19)26/h2-13H,14H2,1H3,(H,24,28)(H,25,27). The first-order valence-corrected chi connectivity index (χ1v) is 11.5. The lowest BCUT2D eigenvalue weighted by Gasteiger charge is -2.29. The number of fused-ring (bicyclic) bond motifs is 1. The maximum atomic E-state index is 13.0. The molecule has 3 aromatic carbocycles. The first-order chi connectivity index (χ1) is 15.2. The third-order valence-electron chi connectivity index (χ3n) is 4.93. The van der Waals surface area contributed by atoms with E-state index in [9.17, 15) is 22.8 Å². The van der Waals surface area contributed by atoms with Crippen molar-refractivity contribution in [3.05, 3.63) is 83.9 Å². The molecular weight excluding hydrogens is 430 g/mol. The summed E-state index contributed by atoms with van der Waals surface area (Å²) in [6.45, 7) is -0.0923. The molecule has 0 atom stereocenters. The second kappa shape index (κ2) is 8.27. The molecule has 0 bridgehead atoms. The van der Waals surface area contributed by atoms with Gasteiger partial charge < -0.3 is 10.6 Å². The highest BCUT2D eigenvalue weighted by Crippen LogP contribution is 2.30. The third-order valence-corrected chi connectivity index (χ3v) is 6.04. The van der Waals surface area contributed by atoms with E-state index in [4.69, 9.17) is 0 Å². The minimum Gasteiger partial charge on any atom is -0.323 e. The molecule has 9 heteroatoms. The largest absolute Gasteiger partial charge is 0.323 e. The zero-order valence-corrected chi connectivity index (χ0v) is 17.8. The summed E-state index contributed by atoms with van der Waals surface area (Å²) in [6, 6.07) is 19.0. The number of benzene rings is 3. The molecule has 162 valence electrons. The van der Waals surface area contributed by atoms with Crippen molar-refractivity contribution < 1.29 is 22.8 Å². The van der Waals surface area contributed by atoms with Crippen molar-refractivity contribution >= 4 is 44.6 Å². The number of rotatable bonds is 4. The molecule has 0 radical (unpaired) electrons.